The van der Waals surface area contributed by atoms with E-state index in [1.807, 2.05) is 0 Å². The molecule has 21 heavy (non-hydrogen) atoms. The van der Waals surface area contributed by atoms with Crippen LogP contribution in [0.2, 0.25) is 0 Å². The lowest BCUT2D eigenvalue weighted by Gasteiger charge is -2.16. The van der Waals surface area contributed by atoms with E-state index >= 15 is 0 Å². The van der Waals surface area contributed by atoms with Crippen molar-refractivity contribution in [2.75, 3.05) is 11.9 Å². The van der Waals surface area contributed by atoms with Crippen LogP contribution in [0.15, 0.2) is 18.2 Å². The third-order valence-corrected chi connectivity index (χ3v) is 4.45. The molecule has 112 valence electrons. The van der Waals surface area contributed by atoms with Gasteiger partial charge in [-0.15, -0.1) is 0 Å². The molecule has 1 aromatic carbocycles. The summed E-state index contributed by atoms with van der Waals surface area (Å²) in [5, 5.41) is 24.1. The number of amides is 2. The number of hydrogen-bond acceptors (Lipinski definition) is 3. The second-order valence-electron chi connectivity index (χ2n) is 5.95. The van der Waals surface area contributed by atoms with E-state index in [0.29, 0.717) is 12.0 Å². The van der Waals surface area contributed by atoms with Gasteiger partial charge < -0.3 is 20.8 Å². The number of phenols is 1. The van der Waals surface area contributed by atoms with Crippen LogP contribution in [0.1, 0.15) is 36.0 Å². The van der Waals surface area contributed by atoms with Gasteiger partial charge in [-0.25, -0.2) is 9.59 Å². The zero-order chi connectivity index (χ0) is 15.0. The number of anilines is 1. The SMILES string of the molecule is O=C(NCC1(C2CC2)CC1)Nc1cccc(C(=O)O)c1O. The number of hydrogen-bond donors (Lipinski definition) is 4. The molecule has 0 bridgehead atoms. The number of carbonyl (C=O) groups is 2. The monoisotopic (exact) mass is 290 g/mol. The summed E-state index contributed by atoms with van der Waals surface area (Å²) in [6.07, 6.45) is 4.84. The van der Waals surface area contributed by atoms with Gasteiger partial charge in [0.25, 0.3) is 0 Å². The van der Waals surface area contributed by atoms with E-state index in [1.165, 1.54) is 31.0 Å². The van der Waals surface area contributed by atoms with E-state index in [-0.39, 0.29) is 11.3 Å². The van der Waals surface area contributed by atoms with Gasteiger partial charge in [-0.1, -0.05) is 6.07 Å². The van der Waals surface area contributed by atoms with Crippen molar-refractivity contribution < 1.29 is 19.8 Å². The molecule has 2 aliphatic rings. The van der Waals surface area contributed by atoms with E-state index in [1.54, 1.807) is 0 Å². The molecule has 0 aliphatic heterocycles. The third kappa shape index (κ3) is 2.79. The lowest BCUT2D eigenvalue weighted by atomic mass is 10.0. The molecule has 0 heterocycles. The first-order chi connectivity index (χ1) is 10.0. The van der Waals surface area contributed by atoms with Gasteiger partial charge in [-0.05, 0) is 49.1 Å². The minimum absolute atomic E-state index is 0.101. The number of carboxylic acids is 1. The van der Waals surface area contributed by atoms with Gasteiger partial charge in [0.15, 0.2) is 5.75 Å². The van der Waals surface area contributed by atoms with Crippen LogP contribution >= 0.6 is 0 Å². The summed E-state index contributed by atoms with van der Waals surface area (Å²) >= 11 is 0. The lowest BCUT2D eigenvalue weighted by Crippen LogP contribution is -2.34. The Morgan fingerprint density at radius 3 is 2.57 bits per heavy atom. The largest absolute Gasteiger partial charge is 0.505 e. The first-order valence-electron chi connectivity index (χ1n) is 7.12. The van der Waals surface area contributed by atoms with E-state index < -0.39 is 17.7 Å². The number of aromatic carboxylic acids is 1. The fourth-order valence-corrected chi connectivity index (χ4v) is 2.83. The Labute approximate surface area is 122 Å². The zero-order valence-corrected chi connectivity index (χ0v) is 11.6. The summed E-state index contributed by atoms with van der Waals surface area (Å²) in [4.78, 5) is 22.8. The Bertz CT molecular complexity index is 591. The van der Waals surface area contributed by atoms with E-state index in [0.717, 1.165) is 18.8 Å². The predicted octanol–water partition coefficient (Wildman–Crippen LogP) is 2.40. The molecule has 1 aromatic rings. The van der Waals surface area contributed by atoms with Crippen molar-refractivity contribution in [3.05, 3.63) is 23.8 Å². The summed E-state index contributed by atoms with van der Waals surface area (Å²) in [6, 6.07) is 3.81. The number of urea groups is 1. The van der Waals surface area contributed by atoms with Gasteiger partial charge in [-0.3, -0.25) is 0 Å². The summed E-state index contributed by atoms with van der Waals surface area (Å²) < 4.78 is 0. The molecular formula is C15H18N2O4. The molecule has 2 fully saturated rings. The van der Waals surface area contributed by atoms with Crippen molar-refractivity contribution >= 4 is 17.7 Å². The van der Waals surface area contributed by atoms with Gasteiger partial charge in [0, 0.05) is 6.54 Å². The fraction of sp³-hybridized carbons (Fsp3) is 0.467. The van der Waals surface area contributed by atoms with Crippen LogP contribution in [0.25, 0.3) is 0 Å². The van der Waals surface area contributed by atoms with Crippen LogP contribution in [0.3, 0.4) is 0 Å². The summed E-state index contributed by atoms with van der Waals surface area (Å²) in [7, 11) is 0. The van der Waals surface area contributed by atoms with Crippen LogP contribution in [0.5, 0.6) is 5.75 Å². The fourth-order valence-electron chi connectivity index (χ4n) is 2.83. The average molecular weight is 290 g/mol. The molecular weight excluding hydrogens is 272 g/mol. The molecule has 2 amide bonds. The number of benzene rings is 1. The summed E-state index contributed by atoms with van der Waals surface area (Å²) in [5.41, 5.74) is 0.163. The number of carbonyl (C=O) groups excluding carboxylic acids is 1. The third-order valence-electron chi connectivity index (χ3n) is 4.45. The quantitative estimate of drug-likeness (QED) is 0.626. The lowest BCUT2D eigenvalue weighted by molar-refractivity contribution is 0.0693. The molecule has 0 spiro atoms. The van der Waals surface area contributed by atoms with Crippen LogP contribution in [-0.4, -0.2) is 28.8 Å². The minimum atomic E-state index is -1.23. The molecule has 2 aliphatic carbocycles. The van der Waals surface area contributed by atoms with Crippen molar-refractivity contribution in [3.8, 4) is 5.75 Å². The molecule has 0 unspecified atom stereocenters. The van der Waals surface area contributed by atoms with E-state index in [2.05, 4.69) is 10.6 Å². The molecule has 2 saturated carbocycles. The maximum Gasteiger partial charge on any atom is 0.339 e. The number of para-hydroxylation sites is 1. The van der Waals surface area contributed by atoms with Gasteiger partial charge in [0.2, 0.25) is 0 Å². The molecule has 4 N–H and O–H groups in total. The molecule has 0 atom stereocenters. The van der Waals surface area contributed by atoms with Crippen molar-refractivity contribution in [2.24, 2.45) is 11.3 Å². The minimum Gasteiger partial charge on any atom is -0.505 e. The standard InChI is InChI=1S/C15H18N2O4/c18-12-10(13(19)20)2-1-3-11(12)17-14(21)16-8-15(6-7-15)9-4-5-9/h1-3,9,18H,4-8H2,(H,19,20)(H2,16,17,21). The molecule has 0 saturated heterocycles. The first kappa shape index (κ1) is 13.7. The Morgan fingerprint density at radius 1 is 1.29 bits per heavy atom. The van der Waals surface area contributed by atoms with Gasteiger partial charge in [0.1, 0.15) is 5.56 Å². The molecule has 6 nitrogen and oxygen atoms in total. The van der Waals surface area contributed by atoms with Crippen LogP contribution in [-0.2, 0) is 0 Å². The molecule has 0 radical (unpaired) electrons. The van der Waals surface area contributed by atoms with Crippen LogP contribution in [0.4, 0.5) is 10.5 Å². The number of carboxylic acid groups (broad SMARTS) is 1. The highest BCUT2D eigenvalue weighted by Crippen LogP contribution is 2.60. The Balaban J connectivity index is 1.60. The van der Waals surface area contributed by atoms with Crippen molar-refractivity contribution in [2.45, 2.75) is 25.7 Å². The van der Waals surface area contributed by atoms with Gasteiger partial charge in [0.05, 0.1) is 5.69 Å². The highest BCUT2D eigenvalue weighted by Gasteiger charge is 2.53. The normalized spacial score (nSPS) is 18.9. The summed E-state index contributed by atoms with van der Waals surface area (Å²) in [5.74, 6) is -0.910. The molecule has 3 rings (SSSR count). The average Bonchev–Trinajstić information content (AvgIpc) is 3.31. The molecule has 0 aromatic heterocycles. The number of nitrogens with one attached hydrogen (secondary N) is 2. The Morgan fingerprint density at radius 2 is 2.00 bits per heavy atom. The van der Waals surface area contributed by atoms with Crippen molar-refractivity contribution in [1.29, 1.82) is 0 Å². The van der Waals surface area contributed by atoms with E-state index in [4.69, 9.17) is 5.11 Å². The highest BCUT2D eigenvalue weighted by atomic mass is 16.4. The van der Waals surface area contributed by atoms with Gasteiger partial charge in [-0.2, -0.15) is 0 Å². The second-order valence-corrected chi connectivity index (χ2v) is 5.95. The van der Waals surface area contributed by atoms with Crippen LogP contribution < -0.4 is 10.6 Å². The van der Waals surface area contributed by atoms with Gasteiger partial charge >= 0.3 is 12.0 Å². The summed E-state index contributed by atoms with van der Waals surface area (Å²) in [6.45, 7) is 0.642. The maximum absolute atomic E-state index is 11.9. The number of aromatic hydroxyl groups is 1. The highest BCUT2D eigenvalue weighted by molar-refractivity contribution is 5.97. The van der Waals surface area contributed by atoms with Crippen LogP contribution in [0, 0.1) is 11.3 Å². The zero-order valence-electron chi connectivity index (χ0n) is 11.6. The second kappa shape index (κ2) is 4.95. The number of rotatable bonds is 5. The van der Waals surface area contributed by atoms with Crippen molar-refractivity contribution in [1.82, 2.24) is 5.32 Å². The topological polar surface area (TPSA) is 98.7 Å². The Kier molecular flexibility index (Phi) is 3.23. The molecule has 6 heteroatoms. The first-order valence-corrected chi connectivity index (χ1v) is 7.12. The van der Waals surface area contributed by atoms with E-state index in [9.17, 15) is 14.7 Å². The smallest absolute Gasteiger partial charge is 0.339 e. The Hall–Kier alpha value is -2.24. The van der Waals surface area contributed by atoms with Crippen molar-refractivity contribution in [3.63, 3.8) is 0 Å². The maximum atomic E-state index is 11.9. The predicted molar refractivity (Wildman–Crippen MR) is 76.5 cm³/mol.